The lowest BCUT2D eigenvalue weighted by Crippen LogP contribution is -2.31. The molecule has 3 aromatic rings. The van der Waals surface area contributed by atoms with Crippen LogP contribution in [0.1, 0.15) is 5.69 Å². The third-order valence-corrected chi connectivity index (χ3v) is 3.19. The zero-order valence-electron chi connectivity index (χ0n) is 10.8. The molecule has 0 unspecified atom stereocenters. The summed E-state index contributed by atoms with van der Waals surface area (Å²) in [6.07, 6.45) is 1.34. The molecule has 7 nitrogen and oxygen atoms in total. The largest absolute Gasteiger partial charge is 0.393 e. The lowest BCUT2D eigenvalue weighted by Gasteiger charge is -2.03. The number of H-pyrrole nitrogens is 1. The second-order valence-corrected chi connectivity index (χ2v) is 4.56. The second-order valence-electron chi connectivity index (χ2n) is 4.56. The van der Waals surface area contributed by atoms with Gasteiger partial charge in [0.15, 0.2) is 0 Å². The fourth-order valence-corrected chi connectivity index (χ4v) is 2.21. The maximum absolute atomic E-state index is 11.8. The molecule has 0 amide bonds. The number of nitrogens with two attached hydrogens (primary N) is 1. The van der Waals surface area contributed by atoms with Gasteiger partial charge in [-0.1, -0.05) is 18.2 Å². The number of para-hydroxylation sites is 1. The van der Waals surface area contributed by atoms with E-state index in [2.05, 4.69) is 10.1 Å². The van der Waals surface area contributed by atoms with Crippen LogP contribution in [-0.2, 0) is 13.6 Å². The molecule has 0 saturated heterocycles. The number of nitrogen functional groups attached to an aromatic ring is 1. The molecule has 0 spiro atoms. The smallest absolute Gasteiger partial charge is 0.328 e. The Morgan fingerprint density at radius 1 is 1.30 bits per heavy atom. The van der Waals surface area contributed by atoms with Gasteiger partial charge in [-0.15, -0.1) is 0 Å². The summed E-state index contributed by atoms with van der Waals surface area (Å²) in [5.41, 5.74) is 6.19. The van der Waals surface area contributed by atoms with Crippen LogP contribution in [0.4, 0.5) is 5.69 Å². The average Bonchev–Trinajstić information content (AvgIpc) is 2.74. The number of aryl methyl sites for hydroxylation is 1. The molecule has 102 valence electrons. The standard InChI is InChI=1S/C13H13N5O2/c1-17-11-5-3-2-4-8(11)10(16-17)7-18-6-9(14)12(19)15-13(18)20/h2-6H,7,14H2,1H3,(H,15,19,20). The Kier molecular flexibility index (Phi) is 2.67. The van der Waals surface area contributed by atoms with E-state index in [1.165, 1.54) is 10.8 Å². The number of hydrogen-bond acceptors (Lipinski definition) is 4. The van der Waals surface area contributed by atoms with E-state index >= 15 is 0 Å². The number of aromatic nitrogens is 4. The molecule has 0 aliphatic carbocycles. The Morgan fingerprint density at radius 2 is 2.05 bits per heavy atom. The van der Waals surface area contributed by atoms with Gasteiger partial charge in [-0.05, 0) is 6.07 Å². The Bertz CT molecular complexity index is 903. The third-order valence-electron chi connectivity index (χ3n) is 3.19. The van der Waals surface area contributed by atoms with Crippen molar-refractivity contribution in [1.82, 2.24) is 19.3 Å². The van der Waals surface area contributed by atoms with Gasteiger partial charge < -0.3 is 5.73 Å². The van der Waals surface area contributed by atoms with E-state index in [0.29, 0.717) is 0 Å². The van der Waals surface area contributed by atoms with Gasteiger partial charge in [-0.2, -0.15) is 5.10 Å². The highest BCUT2D eigenvalue weighted by Gasteiger charge is 2.10. The molecule has 3 N–H and O–H groups in total. The molecule has 1 aromatic carbocycles. The number of nitrogens with one attached hydrogen (secondary N) is 1. The molecule has 3 rings (SSSR count). The molecule has 2 aromatic heterocycles. The van der Waals surface area contributed by atoms with Crippen LogP contribution in [0.25, 0.3) is 10.9 Å². The highest BCUT2D eigenvalue weighted by molar-refractivity contribution is 5.81. The molecule has 0 aliphatic rings. The predicted octanol–water partition coefficient (Wildman–Crippen LogP) is 0.0538. The first-order chi connectivity index (χ1) is 9.56. The molecule has 0 radical (unpaired) electrons. The van der Waals surface area contributed by atoms with Gasteiger partial charge in [-0.25, -0.2) is 4.79 Å². The van der Waals surface area contributed by atoms with Gasteiger partial charge in [0.1, 0.15) is 5.69 Å². The highest BCUT2D eigenvalue weighted by Crippen LogP contribution is 2.17. The lowest BCUT2D eigenvalue weighted by molar-refractivity contribution is 0.683. The summed E-state index contributed by atoms with van der Waals surface area (Å²) >= 11 is 0. The monoisotopic (exact) mass is 271 g/mol. The minimum Gasteiger partial charge on any atom is -0.393 e. The summed E-state index contributed by atoms with van der Waals surface area (Å²) < 4.78 is 3.09. The van der Waals surface area contributed by atoms with Crippen LogP contribution >= 0.6 is 0 Å². The van der Waals surface area contributed by atoms with Crippen LogP contribution in [0.2, 0.25) is 0 Å². The number of rotatable bonds is 2. The fourth-order valence-electron chi connectivity index (χ4n) is 2.21. The van der Waals surface area contributed by atoms with Crippen LogP contribution in [-0.4, -0.2) is 19.3 Å². The molecule has 0 saturated carbocycles. The molecule has 0 aliphatic heterocycles. The summed E-state index contributed by atoms with van der Waals surface area (Å²) in [7, 11) is 1.84. The Balaban J connectivity index is 2.13. The van der Waals surface area contributed by atoms with Crippen molar-refractivity contribution in [2.45, 2.75) is 6.54 Å². The zero-order valence-corrected chi connectivity index (χ0v) is 10.8. The Labute approximate surface area is 113 Å². The second kappa shape index (κ2) is 4.37. The fraction of sp³-hybridized carbons (Fsp3) is 0.154. The van der Waals surface area contributed by atoms with Crippen molar-refractivity contribution in [3.05, 3.63) is 57.0 Å². The lowest BCUT2D eigenvalue weighted by atomic mass is 10.2. The third kappa shape index (κ3) is 1.89. The molecule has 0 bridgehead atoms. The van der Waals surface area contributed by atoms with Crippen molar-refractivity contribution in [2.75, 3.05) is 5.73 Å². The van der Waals surface area contributed by atoms with Crippen molar-refractivity contribution in [2.24, 2.45) is 7.05 Å². The SMILES string of the molecule is Cn1nc(Cn2cc(N)c(=O)[nH]c2=O)c2ccccc21. The molecule has 0 fully saturated rings. The van der Waals surface area contributed by atoms with Gasteiger partial charge >= 0.3 is 5.69 Å². The topological polar surface area (TPSA) is 98.7 Å². The van der Waals surface area contributed by atoms with E-state index < -0.39 is 11.2 Å². The van der Waals surface area contributed by atoms with Gasteiger partial charge in [-0.3, -0.25) is 19.0 Å². The molecule has 2 heterocycles. The van der Waals surface area contributed by atoms with Crippen molar-refractivity contribution >= 4 is 16.6 Å². The molecule has 7 heteroatoms. The minimum atomic E-state index is -0.572. The predicted molar refractivity (Wildman–Crippen MR) is 75.6 cm³/mol. The summed E-state index contributed by atoms with van der Waals surface area (Å²) in [5, 5.41) is 5.37. The highest BCUT2D eigenvalue weighted by atomic mass is 16.2. The van der Waals surface area contributed by atoms with Gasteiger partial charge in [0.05, 0.1) is 17.8 Å². The van der Waals surface area contributed by atoms with E-state index in [9.17, 15) is 9.59 Å². The van der Waals surface area contributed by atoms with Crippen LogP contribution in [0.15, 0.2) is 40.1 Å². The van der Waals surface area contributed by atoms with Crippen molar-refractivity contribution in [3.63, 3.8) is 0 Å². The number of anilines is 1. The summed E-state index contributed by atoms with van der Waals surface area (Å²) in [4.78, 5) is 25.2. The molecule has 0 atom stereocenters. The molecular weight excluding hydrogens is 258 g/mol. The quantitative estimate of drug-likeness (QED) is 0.688. The van der Waals surface area contributed by atoms with E-state index in [1.54, 1.807) is 4.68 Å². The first-order valence-electron chi connectivity index (χ1n) is 6.06. The first kappa shape index (κ1) is 12.2. The zero-order chi connectivity index (χ0) is 14.3. The maximum atomic E-state index is 11.8. The first-order valence-corrected chi connectivity index (χ1v) is 6.06. The van der Waals surface area contributed by atoms with Crippen molar-refractivity contribution < 1.29 is 0 Å². The van der Waals surface area contributed by atoms with Crippen molar-refractivity contribution in [3.8, 4) is 0 Å². The Morgan fingerprint density at radius 3 is 2.85 bits per heavy atom. The van der Waals surface area contributed by atoms with E-state index in [1.807, 2.05) is 31.3 Å². The number of hydrogen-bond donors (Lipinski definition) is 2. The van der Waals surface area contributed by atoms with Gasteiger partial charge in [0, 0.05) is 18.6 Å². The number of benzene rings is 1. The summed E-state index contributed by atoms with van der Waals surface area (Å²) in [6, 6.07) is 7.74. The Hall–Kier alpha value is -2.83. The van der Waals surface area contributed by atoms with Gasteiger partial charge in [0.2, 0.25) is 0 Å². The molecule has 20 heavy (non-hydrogen) atoms. The van der Waals surface area contributed by atoms with Gasteiger partial charge in [0.25, 0.3) is 5.56 Å². The maximum Gasteiger partial charge on any atom is 0.328 e. The van der Waals surface area contributed by atoms with E-state index in [0.717, 1.165) is 16.6 Å². The summed E-state index contributed by atoms with van der Waals surface area (Å²) in [6.45, 7) is 0.251. The number of fused-ring (bicyclic) bond motifs is 1. The number of aromatic amines is 1. The van der Waals surface area contributed by atoms with Crippen LogP contribution < -0.4 is 17.0 Å². The van der Waals surface area contributed by atoms with Crippen LogP contribution in [0, 0.1) is 0 Å². The number of nitrogens with zero attached hydrogens (tertiary/aromatic N) is 3. The average molecular weight is 271 g/mol. The minimum absolute atomic E-state index is 0.00448. The molecular formula is C13H13N5O2. The normalized spacial score (nSPS) is 11.1. The van der Waals surface area contributed by atoms with Crippen LogP contribution in [0.3, 0.4) is 0 Å². The van der Waals surface area contributed by atoms with E-state index in [4.69, 9.17) is 5.73 Å². The van der Waals surface area contributed by atoms with Crippen LogP contribution in [0.5, 0.6) is 0 Å². The van der Waals surface area contributed by atoms with E-state index in [-0.39, 0.29) is 12.2 Å². The van der Waals surface area contributed by atoms with Crippen molar-refractivity contribution in [1.29, 1.82) is 0 Å². The summed E-state index contributed by atoms with van der Waals surface area (Å²) in [5.74, 6) is 0.